The van der Waals surface area contributed by atoms with Crippen molar-refractivity contribution in [3.8, 4) is 0 Å². The van der Waals surface area contributed by atoms with E-state index in [-0.39, 0.29) is 179 Å². The summed E-state index contributed by atoms with van der Waals surface area (Å²) in [6.45, 7) is 15.2. The van der Waals surface area contributed by atoms with Crippen LogP contribution in [0, 0.1) is 27.7 Å². The molecule has 6 heterocycles. The van der Waals surface area contributed by atoms with E-state index in [0.29, 0.717) is 52.5 Å². The average Bonchev–Trinajstić information content (AvgIpc) is 4.28. The summed E-state index contributed by atoms with van der Waals surface area (Å²) in [5.41, 5.74) is 5.52. The first-order valence-corrected chi connectivity index (χ1v) is 28.9. The summed E-state index contributed by atoms with van der Waals surface area (Å²) in [6, 6.07) is 0.583. The van der Waals surface area contributed by atoms with Crippen molar-refractivity contribution in [3.63, 3.8) is 0 Å². The van der Waals surface area contributed by atoms with Crippen LogP contribution in [0.15, 0.2) is 67.0 Å². The summed E-state index contributed by atoms with van der Waals surface area (Å²) in [6.07, 6.45) is 22.1. The number of aromatic amines is 1. The maximum Gasteiger partial charge on any atom is 1.00 e. The quantitative estimate of drug-likeness (QED) is 0.0101. The van der Waals surface area contributed by atoms with Crippen LogP contribution in [0.3, 0.4) is 0 Å². The molecule has 0 atom stereocenters. The van der Waals surface area contributed by atoms with Crippen molar-refractivity contribution in [3.05, 3.63) is 88.9 Å². The average molecular weight is 1490 g/mol. The van der Waals surface area contributed by atoms with Crippen LogP contribution in [0.4, 0.5) is 15.5 Å². The molecule has 0 bridgehead atoms. The number of H-pyrrole nitrogens is 1. The molecule has 46 heteroatoms. The number of ether oxygens (including phenoxy) is 9. The Labute approximate surface area is 653 Å². The van der Waals surface area contributed by atoms with Crippen LogP contribution in [0.1, 0.15) is 44.0 Å². The van der Waals surface area contributed by atoms with E-state index >= 15 is 0 Å². The zero-order chi connectivity index (χ0) is 64.9. The number of nitrogens with one attached hydrogen (secondary N) is 2. The van der Waals surface area contributed by atoms with E-state index in [1.165, 1.54) is 12.8 Å². The maximum atomic E-state index is 11.1. The van der Waals surface area contributed by atoms with Crippen molar-refractivity contribution in [1.29, 1.82) is 0 Å². The number of aromatic nitrogens is 8. The number of hydrogen-bond donors (Lipinski definition) is 2. The fourth-order valence-corrected chi connectivity index (χ4v) is 6.38. The minimum atomic E-state index is -5.62. The van der Waals surface area contributed by atoms with Gasteiger partial charge >= 0.3 is 175 Å². The Morgan fingerprint density at radius 3 is 1.26 bits per heavy atom. The molecule has 0 spiro atoms. The minimum absolute atomic E-state index is 0. The van der Waals surface area contributed by atoms with Crippen molar-refractivity contribution in [2.24, 2.45) is 4.99 Å². The fraction of sp³-hybridized carbons (Fsp3) is 0.610. The van der Waals surface area contributed by atoms with Crippen molar-refractivity contribution < 1.29 is 284 Å². The minimum Gasteiger partial charge on any atom is -1.00 e. The number of carbonyl (C=O) groups excluding carboxylic acids is 1. The summed E-state index contributed by atoms with van der Waals surface area (Å²) in [5, 5.41) is 8.43. The second kappa shape index (κ2) is 67.7. The molecule has 2 N–H and O–H groups in total. The number of rotatable bonds is 19. The van der Waals surface area contributed by atoms with E-state index in [1.807, 2.05) is 88.7 Å². The topological polar surface area (TPSA) is 375 Å². The van der Waals surface area contributed by atoms with Crippen molar-refractivity contribution in [2.45, 2.75) is 81.1 Å². The van der Waals surface area contributed by atoms with Gasteiger partial charge in [-0.15, -0.1) is 12.7 Å². The predicted octanol–water partition coefficient (Wildman–Crippen LogP) is -9.42. The molecule has 0 radical (unpaired) electrons. The molecule has 87 heavy (non-hydrogen) atoms. The number of aryl methyl sites for hydroxylation is 4. The van der Waals surface area contributed by atoms with Crippen LogP contribution in [0.5, 0.6) is 0 Å². The summed E-state index contributed by atoms with van der Waals surface area (Å²) >= 11 is 9.93. The number of methoxy groups -OCH3 is 8. The SMILES string of the molecule is C1CCOC1.COCCl.COCCl.COCN1[C+]=NC(C)=C1.COCn1c[n+](COC)cc1C.COCn1c[n+](COC)cc1C.COCn1cncc1C.Cc1cnc[nH]1.O=CO[O-].O=S(=O)(F)NS(=O)(=O)F.O=S(=O)(F)[N-]S(=O)(=O)F.[Cl-].[H-].[K+].[K+].[K+]. The van der Waals surface area contributed by atoms with Crippen molar-refractivity contribution in [2.75, 3.05) is 89.0 Å². The largest absolute Gasteiger partial charge is 1.00 e. The van der Waals surface area contributed by atoms with Crippen LogP contribution in [0.2, 0.25) is 0 Å². The summed E-state index contributed by atoms with van der Waals surface area (Å²) < 4.78 is 173. The third-order valence-corrected chi connectivity index (χ3v) is 11.0. The number of aliphatic imine (C=N–C) groups is 1. The number of allylic oxidation sites excluding steroid dienone is 1. The third kappa shape index (κ3) is 78.6. The number of nitrogens with zero attached hydrogens (tertiary/aromatic N) is 10. The molecular weight excluding hydrogens is 1410 g/mol. The molecule has 2 aliphatic rings. The Hall–Kier alpha value is 0.249. The first kappa shape index (κ1) is 106. The van der Waals surface area contributed by atoms with Gasteiger partial charge in [0.1, 0.15) is 42.6 Å². The number of carbonyl (C=O) groups is 1. The first-order valence-electron chi connectivity index (χ1n) is 22.4. The van der Waals surface area contributed by atoms with Crippen LogP contribution in [-0.2, 0) is 128 Å². The summed E-state index contributed by atoms with van der Waals surface area (Å²) in [4.78, 5) is 27.5. The Morgan fingerprint density at radius 1 is 0.678 bits per heavy atom. The molecule has 0 unspecified atom stereocenters. The Balaban J connectivity index is -0.0000000962. The zero-order valence-electron chi connectivity index (χ0n) is 52.2. The van der Waals surface area contributed by atoms with E-state index in [9.17, 15) is 49.2 Å². The van der Waals surface area contributed by atoms with Crippen LogP contribution in [0.25, 0.3) is 4.13 Å². The molecule has 0 amide bonds. The maximum absolute atomic E-state index is 11.1. The van der Waals surface area contributed by atoms with E-state index in [4.69, 9.17) is 66.4 Å². The molecule has 4 aromatic heterocycles. The van der Waals surface area contributed by atoms with Gasteiger partial charge < -0.3 is 80.3 Å². The fourth-order valence-electron chi connectivity index (χ4n) is 4.58. The van der Waals surface area contributed by atoms with Gasteiger partial charge in [0.05, 0.1) is 12.7 Å². The van der Waals surface area contributed by atoms with Gasteiger partial charge in [0.15, 0.2) is 39.9 Å². The standard InChI is InChI=1S/2C8H15N2O2.C6H9N2O.C6H10N2O.C4H6N2.C4H8O.2C2H5ClO.CH2O3.ClH.F2HNO4S2.F2NO4S2.3K.H/c2*1-8-4-9(6-11-2)5-10(8)7-12-3;1-6-3-8(4-7-6)5-9-2;1-6-3-7-4-8(6)5-9-2;1-4-2-5-3-6-4;1-2-4-5-3-1;2*1-4-2-3;2-1-4-3;;2*1-8(4,5)3-9(2,6)7;;;;/h2*4-5H,6-7H2,1-3H3;3H,5H2,1-2H3;3-4H,5H2,1-2H3;2-3H,1H3,(H,5,6);1-4H2;2*2H2,1H3;1,3H;1H;3H;;;;;/q3*+1;;;;;;;;;-1;3*+1;-1/p-2. The smallest absolute Gasteiger partial charge is 1.00 e. The van der Waals surface area contributed by atoms with Crippen molar-refractivity contribution >= 4 is 77.6 Å². The van der Waals surface area contributed by atoms with Crippen LogP contribution in [-0.4, -0.2) is 169 Å². The van der Waals surface area contributed by atoms with Gasteiger partial charge in [0.2, 0.25) is 39.2 Å². The van der Waals surface area contributed by atoms with Gasteiger partial charge in [-0.3, -0.25) is 4.79 Å². The monoisotopic (exact) mass is 1480 g/mol. The Kier molecular flexibility index (Phi) is 82.4. The van der Waals surface area contributed by atoms with Gasteiger partial charge in [0.25, 0.3) is 12.8 Å². The molecule has 6 rings (SSSR count). The normalized spacial score (nSPS) is 11.3. The molecule has 0 aliphatic carbocycles. The Morgan fingerprint density at radius 2 is 1.07 bits per heavy atom. The first-order chi connectivity index (χ1) is 38.8. The molecular formula is C41H76Cl3F4K3N12O20S4+2. The molecule has 4 aromatic rings. The van der Waals surface area contributed by atoms with Crippen molar-refractivity contribution in [1.82, 2.24) is 37.7 Å². The number of halogens is 7. The van der Waals surface area contributed by atoms with Gasteiger partial charge in [-0.25, -0.2) is 45.1 Å². The third-order valence-electron chi connectivity index (χ3n) is 7.53. The van der Waals surface area contributed by atoms with Gasteiger partial charge in [0, 0.05) is 115 Å². The summed E-state index contributed by atoms with van der Waals surface area (Å²) in [7, 11) is -9.11. The number of hydrogen-bond acceptors (Lipinski definition) is 24. The van der Waals surface area contributed by atoms with Gasteiger partial charge in [-0.1, -0.05) is 35.1 Å². The molecule has 1 fully saturated rings. The molecule has 494 valence electrons. The van der Waals surface area contributed by atoms with E-state index in [0.717, 1.165) is 45.8 Å². The zero-order valence-corrected chi connectivity index (χ0v) is 66.1. The second-order valence-electron chi connectivity index (χ2n) is 14.6. The van der Waals surface area contributed by atoms with E-state index in [2.05, 4.69) is 40.6 Å². The molecule has 0 aromatic carbocycles. The molecule has 32 nitrogen and oxygen atoms in total. The number of imidazole rings is 4. The van der Waals surface area contributed by atoms with Gasteiger partial charge in [-0.2, -0.15) is 16.8 Å². The Bertz CT molecular complexity index is 2550. The number of alkyl halides is 2. The predicted molar refractivity (Wildman–Crippen MR) is 289 cm³/mol. The molecule has 1 saturated heterocycles. The molecule has 0 saturated carbocycles. The van der Waals surface area contributed by atoms with Crippen LogP contribution >= 0.6 is 23.2 Å². The second-order valence-corrected chi connectivity index (χ2v) is 19.7. The van der Waals surface area contributed by atoms with E-state index in [1.54, 1.807) is 86.8 Å². The summed E-state index contributed by atoms with van der Waals surface area (Å²) in [5.74, 6) is 0. The van der Waals surface area contributed by atoms with Crippen LogP contribution < -0.4 is 185 Å². The van der Waals surface area contributed by atoms with E-state index < -0.39 is 41.6 Å². The molecule has 2 aliphatic heterocycles. The van der Waals surface area contributed by atoms with Gasteiger partial charge in [-0.05, 0) is 31.7 Å².